The summed E-state index contributed by atoms with van der Waals surface area (Å²) in [5.41, 5.74) is 2.87. The van der Waals surface area contributed by atoms with Crippen LogP contribution in [0.5, 0.6) is 0 Å². The van der Waals surface area contributed by atoms with E-state index in [1.54, 1.807) is 0 Å². The number of amides is 1. The molecule has 0 radical (unpaired) electrons. The van der Waals surface area contributed by atoms with Crippen LogP contribution in [-0.2, 0) is 4.79 Å². The minimum Gasteiger partial charge on any atom is -0.344 e. The van der Waals surface area contributed by atoms with Crippen molar-refractivity contribution in [2.75, 3.05) is 7.05 Å². The van der Waals surface area contributed by atoms with E-state index < -0.39 is 0 Å². The van der Waals surface area contributed by atoms with E-state index in [4.69, 9.17) is 4.98 Å². The average Bonchev–Trinajstić information content (AvgIpc) is 3.41. The lowest BCUT2D eigenvalue weighted by Crippen LogP contribution is -2.59. The summed E-state index contributed by atoms with van der Waals surface area (Å²) in [6, 6.07) is 10.8. The van der Waals surface area contributed by atoms with Crippen LogP contribution in [0.2, 0.25) is 0 Å². The van der Waals surface area contributed by atoms with Gasteiger partial charge in [-0.3, -0.25) is 4.79 Å². The summed E-state index contributed by atoms with van der Waals surface area (Å²) in [5.74, 6) is 3.92. The number of fused-ring (bicyclic) bond motifs is 5. The van der Waals surface area contributed by atoms with Crippen molar-refractivity contribution in [3.05, 3.63) is 54.4 Å². The first-order chi connectivity index (χ1) is 15.4. The molecule has 3 aliphatic carbocycles. The lowest BCUT2D eigenvalue weighted by atomic mass is 9.47. The van der Waals surface area contributed by atoms with Gasteiger partial charge in [0.25, 0.3) is 0 Å². The molecular weight excluding hydrogens is 394 g/mol. The van der Waals surface area contributed by atoms with Gasteiger partial charge in [0.15, 0.2) is 0 Å². The van der Waals surface area contributed by atoms with Gasteiger partial charge in [-0.2, -0.15) is 0 Å². The Morgan fingerprint density at radius 1 is 1.03 bits per heavy atom. The molecule has 0 bridgehead atoms. The number of hydrogen-bond donors (Lipinski definition) is 1. The summed E-state index contributed by atoms with van der Waals surface area (Å²) in [4.78, 5) is 22.9. The summed E-state index contributed by atoms with van der Waals surface area (Å²) in [6.45, 7) is 4.99. The molecule has 1 aromatic heterocycles. The number of nitrogens with zero attached hydrogens (tertiary/aromatic N) is 2. The number of carbonyl (C=O) groups excluding carboxylic acids is 1. The number of imidazole rings is 1. The molecule has 2 unspecified atom stereocenters. The van der Waals surface area contributed by atoms with Gasteiger partial charge < -0.3 is 9.88 Å². The summed E-state index contributed by atoms with van der Waals surface area (Å²) in [6.07, 6.45) is 13.8. The Labute approximate surface area is 191 Å². The molecule has 2 heterocycles. The molecule has 3 saturated carbocycles. The molecule has 0 spiro atoms. The fourth-order valence-corrected chi connectivity index (χ4v) is 8.48. The Bertz CT molecular complexity index is 1060. The SMILES string of the molecule is CN1C(=O)C=C[C@@]2(C)C1CC[C@@H]1[C@H]2CC[C@]2(C)C(c3c[nH]c(-c4ccccc4)n3)CC[C@@H]12. The van der Waals surface area contributed by atoms with Crippen molar-refractivity contribution in [3.63, 3.8) is 0 Å². The highest BCUT2D eigenvalue weighted by atomic mass is 16.2. The molecule has 2 aromatic rings. The van der Waals surface area contributed by atoms with Crippen molar-refractivity contribution < 1.29 is 4.79 Å². The van der Waals surface area contributed by atoms with Crippen molar-refractivity contribution in [2.45, 2.75) is 64.3 Å². The summed E-state index contributed by atoms with van der Waals surface area (Å²) < 4.78 is 0. The highest BCUT2D eigenvalue weighted by Gasteiger charge is 2.60. The van der Waals surface area contributed by atoms with Crippen LogP contribution in [0.1, 0.15) is 64.0 Å². The third kappa shape index (κ3) is 2.74. The Kier molecular flexibility index (Phi) is 4.48. The molecule has 32 heavy (non-hydrogen) atoms. The second-order valence-corrected chi connectivity index (χ2v) is 11.3. The first kappa shape index (κ1) is 20.3. The van der Waals surface area contributed by atoms with Crippen molar-refractivity contribution in [2.24, 2.45) is 28.6 Å². The second-order valence-electron chi connectivity index (χ2n) is 11.3. The Morgan fingerprint density at radius 2 is 1.84 bits per heavy atom. The van der Waals surface area contributed by atoms with Crippen LogP contribution in [0.15, 0.2) is 48.7 Å². The molecule has 1 N–H and O–H groups in total. The normalized spacial score (nSPS) is 40.7. The predicted octanol–water partition coefficient (Wildman–Crippen LogP) is 5.80. The topological polar surface area (TPSA) is 49.0 Å². The zero-order valence-corrected chi connectivity index (χ0v) is 19.6. The zero-order valence-electron chi connectivity index (χ0n) is 19.6. The van der Waals surface area contributed by atoms with Gasteiger partial charge in [-0.1, -0.05) is 50.3 Å². The smallest absolute Gasteiger partial charge is 0.246 e. The van der Waals surface area contributed by atoms with Gasteiger partial charge in [-0.05, 0) is 67.8 Å². The van der Waals surface area contributed by atoms with Gasteiger partial charge in [-0.25, -0.2) is 4.98 Å². The van der Waals surface area contributed by atoms with Gasteiger partial charge in [0, 0.05) is 36.2 Å². The molecular formula is C28H35N3O. The third-order valence-electron chi connectivity index (χ3n) is 10.1. The van der Waals surface area contributed by atoms with Gasteiger partial charge in [0.05, 0.1) is 5.69 Å². The molecule has 1 aliphatic heterocycles. The first-order valence-electron chi connectivity index (χ1n) is 12.5. The van der Waals surface area contributed by atoms with Crippen LogP contribution in [-0.4, -0.2) is 33.9 Å². The number of aromatic nitrogens is 2. The van der Waals surface area contributed by atoms with E-state index in [1.807, 2.05) is 18.0 Å². The number of likely N-dealkylation sites (N-methyl/N-ethyl adjacent to an activating group) is 1. The molecule has 4 aliphatic rings. The largest absolute Gasteiger partial charge is 0.344 e. The molecule has 7 atom stereocenters. The van der Waals surface area contributed by atoms with Gasteiger partial charge >= 0.3 is 0 Å². The fraction of sp³-hybridized carbons (Fsp3) is 0.571. The summed E-state index contributed by atoms with van der Waals surface area (Å²) in [5, 5.41) is 0. The van der Waals surface area contributed by atoms with E-state index in [9.17, 15) is 4.79 Å². The van der Waals surface area contributed by atoms with Crippen molar-refractivity contribution in [3.8, 4) is 11.4 Å². The molecule has 168 valence electrons. The lowest BCUT2D eigenvalue weighted by Gasteiger charge is -2.60. The highest BCUT2D eigenvalue weighted by molar-refractivity contribution is 5.89. The van der Waals surface area contributed by atoms with Gasteiger partial charge in [0.1, 0.15) is 5.82 Å². The molecule has 4 nitrogen and oxygen atoms in total. The van der Waals surface area contributed by atoms with Gasteiger partial charge in [-0.15, -0.1) is 0 Å². The van der Waals surface area contributed by atoms with E-state index in [0.29, 0.717) is 23.3 Å². The monoisotopic (exact) mass is 429 g/mol. The number of carbonyl (C=O) groups is 1. The highest BCUT2D eigenvalue weighted by Crippen LogP contribution is 2.67. The Morgan fingerprint density at radius 3 is 2.66 bits per heavy atom. The predicted molar refractivity (Wildman–Crippen MR) is 127 cm³/mol. The lowest BCUT2D eigenvalue weighted by molar-refractivity contribution is -0.138. The minimum absolute atomic E-state index is 0.123. The van der Waals surface area contributed by atoms with E-state index in [0.717, 1.165) is 29.6 Å². The van der Waals surface area contributed by atoms with Crippen molar-refractivity contribution in [1.82, 2.24) is 14.9 Å². The van der Waals surface area contributed by atoms with Crippen LogP contribution in [0.25, 0.3) is 11.4 Å². The number of H-pyrrole nitrogens is 1. The molecule has 0 saturated heterocycles. The minimum atomic E-state index is 0.123. The first-order valence-corrected chi connectivity index (χ1v) is 12.5. The number of aromatic amines is 1. The van der Waals surface area contributed by atoms with E-state index in [1.165, 1.54) is 37.8 Å². The summed E-state index contributed by atoms with van der Waals surface area (Å²) >= 11 is 0. The van der Waals surface area contributed by atoms with E-state index in [2.05, 4.69) is 61.4 Å². The number of hydrogen-bond acceptors (Lipinski definition) is 2. The van der Waals surface area contributed by atoms with Crippen molar-refractivity contribution >= 4 is 5.91 Å². The standard InChI is InChI=1S/C28H35N3O/c1-27-15-13-21-19(9-12-24-28(21,2)16-14-25(32)31(24)3)20(27)10-11-22(27)23-17-29-26(30-23)18-7-5-4-6-8-18/h4-8,14,16-17,19-22,24H,9-13,15H2,1-3H3,(H,29,30)/t19-,20-,21+,22?,24?,27-,28+/m0/s1. The van der Waals surface area contributed by atoms with Crippen LogP contribution in [0.4, 0.5) is 0 Å². The van der Waals surface area contributed by atoms with Gasteiger partial charge in [0.2, 0.25) is 5.91 Å². The molecule has 3 fully saturated rings. The van der Waals surface area contributed by atoms with Crippen LogP contribution in [0.3, 0.4) is 0 Å². The molecule has 1 amide bonds. The zero-order chi connectivity index (χ0) is 22.1. The number of nitrogens with one attached hydrogen (secondary N) is 1. The maximum Gasteiger partial charge on any atom is 0.246 e. The quantitative estimate of drug-likeness (QED) is 0.656. The van der Waals surface area contributed by atoms with Crippen LogP contribution >= 0.6 is 0 Å². The van der Waals surface area contributed by atoms with Crippen LogP contribution in [0, 0.1) is 28.6 Å². The van der Waals surface area contributed by atoms with Crippen LogP contribution < -0.4 is 0 Å². The molecule has 4 heteroatoms. The Hall–Kier alpha value is -2.36. The number of rotatable bonds is 2. The maximum absolute atomic E-state index is 12.3. The molecule has 6 rings (SSSR count). The van der Waals surface area contributed by atoms with E-state index in [-0.39, 0.29) is 11.3 Å². The summed E-state index contributed by atoms with van der Waals surface area (Å²) in [7, 11) is 2.01. The second kappa shape index (κ2) is 7.07. The Balaban J connectivity index is 1.29. The number of benzene rings is 1. The maximum atomic E-state index is 12.3. The fourth-order valence-electron chi connectivity index (χ4n) is 8.48. The third-order valence-corrected chi connectivity index (χ3v) is 10.1. The van der Waals surface area contributed by atoms with Crippen molar-refractivity contribution in [1.29, 1.82) is 0 Å². The van der Waals surface area contributed by atoms with E-state index >= 15 is 0 Å². The average molecular weight is 430 g/mol. The molecule has 1 aromatic carbocycles.